The van der Waals surface area contributed by atoms with E-state index in [1.165, 1.54) is 18.4 Å². The number of halogens is 2. The number of hydrogen-bond acceptors (Lipinski definition) is 2. The van der Waals surface area contributed by atoms with Crippen molar-refractivity contribution < 1.29 is 9.90 Å². The lowest BCUT2D eigenvalue weighted by Gasteiger charge is -2.61. The molecule has 0 radical (unpaired) electrons. The molecule has 4 rings (SSSR count). The number of aliphatic hydroxyl groups is 1. The summed E-state index contributed by atoms with van der Waals surface area (Å²) in [5, 5.41) is 11.0. The molecule has 3 fully saturated rings. The highest BCUT2D eigenvalue weighted by Gasteiger charge is 2.63. The first-order chi connectivity index (χ1) is 11.8. The summed E-state index contributed by atoms with van der Waals surface area (Å²) in [6.07, 6.45) is 8.92. The largest absolute Gasteiger partial charge is 0.393 e. The molecule has 25 heavy (non-hydrogen) atoms. The zero-order valence-electron chi connectivity index (χ0n) is 15.3. The fraction of sp³-hybridized carbons (Fsp3) is 0.857. The van der Waals surface area contributed by atoms with E-state index in [0.717, 1.165) is 30.1 Å². The predicted molar refractivity (Wildman–Crippen MR) is 110 cm³/mol. The molecule has 0 aromatic rings. The fourth-order valence-corrected chi connectivity index (χ4v) is 8.90. The Balaban J connectivity index is 1.79. The minimum absolute atomic E-state index is 0.0671. The van der Waals surface area contributed by atoms with E-state index in [9.17, 15) is 9.90 Å². The van der Waals surface area contributed by atoms with Gasteiger partial charge < -0.3 is 5.11 Å². The van der Waals surface area contributed by atoms with E-state index in [-0.39, 0.29) is 22.3 Å². The first-order valence-electron chi connectivity index (χ1n) is 9.95. The fourth-order valence-electron chi connectivity index (χ4n) is 7.27. The molecule has 0 aromatic heterocycles. The van der Waals surface area contributed by atoms with Gasteiger partial charge in [0.2, 0.25) is 0 Å². The number of fused-ring (bicyclic) bond motifs is 5. The van der Waals surface area contributed by atoms with Crippen LogP contribution < -0.4 is 0 Å². The monoisotopic (exact) mass is 476 g/mol. The van der Waals surface area contributed by atoms with E-state index < -0.39 is 0 Å². The minimum atomic E-state index is -0.161. The number of carbonyl (C=O) groups is 1. The number of hydrogen-bond donors (Lipinski definition) is 1. The molecule has 0 amide bonds. The maximum absolute atomic E-state index is 12.0. The second-order valence-electron chi connectivity index (χ2n) is 9.39. The summed E-state index contributed by atoms with van der Waals surface area (Å²) in [4.78, 5) is 12.0. The van der Waals surface area contributed by atoms with Gasteiger partial charge in [-0.1, -0.05) is 35.1 Å². The van der Waals surface area contributed by atoms with Crippen LogP contribution in [-0.2, 0) is 4.79 Å². The van der Waals surface area contributed by atoms with Gasteiger partial charge in [-0.3, -0.25) is 4.79 Å². The summed E-state index contributed by atoms with van der Waals surface area (Å²) in [5.74, 6) is 2.61. The topological polar surface area (TPSA) is 37.3 Å². The number of alkyl halides is 2. The normalized spacial score (nSPS) is 50.5. The van der Waals surface area contributed by atoms with Gasteiger partial charge in [-0.2, -0.15) is 0 Å². The van der Waals surface area contributed by atoms with Crippen LogP contribution in [0.2, 0.25) is 0 Å². The van der Waals surface area contributed by atoms with Gasteiger partial charge in [0.25, 0.3) is 0 Å². The summed E-state index contributed by atoms with van der Waals surface area (Å²) in [6.45, 7) is 4.57. The van der Waals surface area contributed by atoms with E-state index in [1.807, 2.05) is 6.08 Å². The smallest absolute Gasteiger partial charge is 0.155 e. The van der Waals surface area contributed by atoms with Crippen LogP contribution in [0.1, 0.15) is 58.8 Å². The number of allylic oxidation sites excluding steroid dienone is 1. The molecule has 8 atom stereocenters. The molecule has 0 saturated heterocycles. The lowest BCUT2D eigenvalue weighted by atomic mass is 9.44. The highest BCUT2D eigenvalue weighted by atomic mass is 127. The van der Waals surface area contributed by atoms with Gasteiger partial charge >= 0.3 is 0 Å². The van der Waals surface area contributed by atoms with Crippen LogP contribution in [0.3, 0.4) is 0 Å². The maximum Gasteiger partial charge on any atom is 0.155 e. The Morgan fingerprint density at radius 3 is 2.80 bits per heavy atom. The molecule has 4 heteroatoms. The molecule has 2 nitrogen and oxygen atoms in total. The van der Waals surface area contributed by atoms with Crippen LogP contribution in [0.15, 0.2) is 11.6 Å². The summed E-state index contributed by atoms with van der Waals surface area (Å²) < 4.78 is 1.04. The van der Waals surface area contributed by atoms with Crippen molar-refractivity contribution in [1.82, 2.24) is 0 Å². The van der Waals surface area contributed by atoms with Gasteiger partial charge in [0.05, 0.1) is 6.10 Å². The number of ketones is 1. The molecule has 4 aliphatic rings. The van der Waals surface area contributed by atoms with E-state index in [4.69, 9.17) is 11.6 Å². The van der Waals surface area contributed by atoms with Crippen molar-refractivity contribution in [3.63, 3.8) is 0 Å². The molecule has 1 unspecified atom stereocenters. The van der Waals surface area contributed by atoms with Crippen molar-refractivity contribution in [2.45, 2.75) is 70.3 Å². The molecule has 1 N–H and O–H groups in total. The standard InChI is InChI=1S/C21H30ClIO2/c1-12(22)16-10-21(11-23)17(5-6-18(21)25)15-4-3-13-9-14(24)7-8-20(13,2)19(15)16/h9,12,15-19,25H,3-8,10-11H2,1-2H3/t12?,15-,16+,17-,18-,19+,20-,21+/m0/s1. The summed E-state index contributed by atoms with van der Waals surface area (Å²) in [5.41, 5.74) is 1.60. The van der Waals surface area contributed by atoms with Crippen molar-refractivity contribution >= 4 is 40.0 Å². The highest BCUT2D eigenvalue weighted by Crippen LogP contribution is 2.68. The second-order valence-corrected chi connectivity index (χ2v) is 10.8. The van der Waals surface area contributed by atoms with E-state index >= 15 is 0 Å². The maximum atomic E-state index is 12.0. The Bertz CT molecular complexity index is 603. The first-order valence-corrected chi connectivity index (χ1v) is 11.9. The molecule has 0 heterocycles. The van der Waals surface area contributed by atoms with Crippen molar-refractivity contribution in [2.75, 3.05) is 4.43 Å². The Morgan fingerprint density at radius 2 is 2.12 bits per heavy atom. The van der Waals surface area contributed by atoms with Crippen molar-refractivity contribution in [2.24, 2.45) is 34.5 Å². The third kappa shape index (κ3) is 2.61. The quantitative estimate of drug-likeness (QED) is 0.442. The molecule has 4 aliphatic carbocycles. The van der Waals surface area contributed by atoms with Gasteiger partial charge in [0.15, 0.2) is 5.78 Å². The predicted octanol–water partition coefficient (Wildman–Crippen LogP) is 5.15. The Kier molecular flexibility index (Phi) is 4.85. The first kappa shape index (κ1) is 18.7. The van der Waals surface area contributed by atoms with E-state index in [2.05, 4.69) is 36.4 Å². The number of aliphatic hydroxyl groups excluding tert-OH is 1. The lowest BCUT2D eigenvalue weighted by Crippen LogP contribution is -2.58. The summed E-state index contributed by atoms with van der Waals surface area (Å²) in [6, 6.07) is 0. The highest BCUT2D eigenvalue weighted by molar-refractivity contribution is 14.1. The molecule has 140 valence electrons. The third-order valence-electron chi connectivity index (χ3n) is 8.49. The van der Waals surface area contributed by atoms with E-state index in [1.54, 1.807) is 0 Å². The van der Waals surface area contributed by atoms with Gasteiger partial charge in [-0.15, -0.1) is 11.6 Å². The van der Waals surface area contributed by atoms with Crippen molar-refractivity contribution in [3.8, 4) is 0 Å². The third-order valence-corrected chi connectivity index (χ3v) is 10.2. The van der Waals surface area contributed by atoms with E-state index in [0.29, 0.717) is 35.9 Å². The molecule has 0 bridgehead atoms. The van der Waals surface area contributed by atoms with Crippen LogP contribution in [0.4, 0.5) is 0 Å². The molecule has 0 aromatic carbocycles. The molecule has 0 aliphatic heterocycles. The SMILES string of the molecule is CC(Cl)[C@H]1C[C@]2(CI)[C@@H](O)CC[C@H]2[C@@H]2CCC3=CC(=O)CC[C@]3(C)[C@H]21. The molecule has 0 spiro atoms. The lowest BCUT2D eigenvalue weighted by molar-refractivity contribution is -0.121. The zero-order valence-corrected chi connectivity index (χ0v) is 18.2. The van der Waals surface area contributed by atoms with Gasteiger partial charge in [-0.05, 0) is 80.6 Å². The zero-order chi connectivity index (χ0) is 18.0. The van der Waals surface area contributed by atoms with Crippen LogP contribution >= 0.6 is 34.2 Å². The van der Waals surface area contributed by atoms with Crippen LogP contribution in [0.5, 0.6) is 0 Å². The number of rotatable bonds is 2. The van der Waals surface area contributed by atoms with Gasteiger partial charge in [0.1, 0.15) is 0 Å². The van der Waals surface area contributed by atoms with Crippen LogP contribution in [0, 0.1) is 34.5 Å². The summed E-state index contributed by atoms with van der Waals surface area (Å²) in [7, 11) is 0. The average molecular weight is 477 g/mol. The van der Waals surface area contributed by atoms with Crippen LogP contribution in [0.25, 0.3) is 0 Å². The molecular formula is C21H30ClIO2. The Morgan fingerprint density at radius 1 is 1.36 bits per heavy atom. The average Bonchev–Trinajstić information content (AvgIpc) is 2.92. The van der Waals surface area contributed by atoms with Crippen LogP contribution in [-0.4, -0.2) is 26.8 Å². The molecule has 3 saturated carbocycles. The number of carbonyl (C=O) groups excluding carboxylic acids is 1. The van der Waals surface area contributed by atoms with Gasteiger partial charge in [0, 0.05) is 21.6 Å². The van der Waals surface area contributed by atoms with Crippen molar-refractivity contribution in [1.29, 1.82) is 0 Å². The second kappa shape index (κ2) is 6.48. The molecular weight excluding hydrogens is 447 g/mol. The Hall–Kier alpha value is 0.390. The van der Waals surface area contributed by atoms with Crippen molar-refractivity contribution in [3.05, 3.63) is 11.6 Å². The Labute approximate surface area is 170 Å². The minimum Gasteiger partial charge on any atom is -0.393 e. The van der Waals surface area contributed by atoms with Gasteiger partial charge in [-0.25, -0.2) is 0 Å². The summed E-state index contributed by atoms with van der Waals surface area (Å²) >= 11 is 9.30.